The van der Waals surface area contributed by atoms with Crippen LogP contribution in [-0.2, 0) is 0 Å². The summed E-state index contributed by atoms with van der Waals surface area (Å²) in [5.74, 6) is 0.162. The predicted octanol–water partition coefficient (Wildman–Crippen LogP) is 5.45. The van der Waals surface area contributed by atoms with Gasteiger partial charge in [-0.15, -0.1) is 0 Å². The smallest absolute Gasteiger partial charge is 0.0606 e. The molecule has 3 aromatic carbocycles. The highest BCUT2D eigenvalue weighted by molar-refractivity contribution is 5.55. The fourth-order valence-corrected chi connectivity index (χ4v) is 3.71. The van der Waals surface area contributed by atoms with Crippen LogP contribution >= 0.6 is 0 Å². The van der Waals surface area contributed by atoms with E-state index in [-0.39, 0.29) is 12.5 Å². The van der Waals surface area contributed by atoms with Gasteiger partial charge < -0.3 is 19.8 Å². The fourth-order valence-electron chi connectivity index (χ4n) is 3.71. The number of aliphatic hydroxyl groups excluding tert-OH is 1. The molecule has 172 valence electrons. The Morgan fingerprint density at radius 2 is 0.875 bits per heavy atom. The summed E-state index contributed by atoms with van der Waals surface area (Å²) in [7, 11) is 10.3. The molecule has 3 aromatic rings. The first-order valence-electron chi connectivity index (χ1n) is 11.4. The molecule has 0 saturated heterocycles. The Labute approximate surface area is 194 Å². The van der Waals surface area contributed by atoms with Crippen molar-refractivity contribution >= 4 is 17.1 Å². The number of rotatable bonds is 8. The van der Waals surface area contributed by atoms with Gasteiger partial charge in [0.1, 0.15) is 0 Å². The third-order valence-corrected chi connectivity index (χ3v) is 5.59. The number of hydrogen-bond donors (Lipinski definition) is 1. The molecule has 4 nitrogen and oxygen atoms in total. The molecule has 0 fully saturated rings. The third-order valence-electron chi connectivity index (χ3n) is 5.59. The minimum absolute atomic E-state index is 0.150. The summed E-state index contributed by atoms with van der Waals surface area (Å²) >= 11 is 0. The Morgan fingerprint density at radius 3 is 1.16 bits per heavy atom. The summed E-state index contributed by atoms with van der Waals surface area (Å²) in [6, 6.07) is 26.3. The first-order chi connectivity index (χ1) is 15.4. The zero-order chi connectivity index (χ0) is 23.7. The van der Waals surface area contributed by atoms with Crippen molar-refractivity contribution in [1.29, 1.82) is 0 Å². The van der Waals surface area contributed by atoms with Gasteiger partial charge in [0.25, 0.3) is 0 Å². The summed E-state index contributed by atoms with van der Waals surface area (Å²) in [5.41, 5.74) is 7.30. The number of nitrogens with zero attached hydrogens (tertiary/aromatic N) is 3. The fraction of sp³-hybridized carbons (Fsp3) is 0.357. The van der Waals surface area contributed by atoms with Crippen LogP contribution in [0.15, 0.2) is 72.8 Å². The Bertz CT molecular complexity index is 865. The molecule has 0 radical (unpaired) electrons. The van der Waals surface area contributed by atoms with Crippen molar-refractivity contribution in [3.63, 3.8) is 0 Å². The summed E-state index contributed by atoms with van der Waals surface area (Å²) in [6.45, 7) is 4.78. The van der Waals surface area contributed by atoms with E-state index in [0.717, 1.165) is 5.69 Å². The lowest BCUT2D eigenvalue weighted by atomic mass is 9.85. The molecule has 4 heteroatoms. The molecule has 0 unspecified atom stereocenters. The highest BCUT2D eigenvalue weighted by Gasteiger charge is 2.17. The molecule has 0 aliphatic carbocycles. The van der Waals surface area contributed by atoms with Crippen LogP contribution in [-0.4, -0.2) is 53.5 Å². The first kappa shape index (κ1) is 25.3. The molecule has 0 aliphatic rings. The minimum Gasteiger partial charge on any atom is -0.395 e. The molecule has 1 N–H and O–H groups in total. The molecule has 0 aromatic heterocycles. The van der Waals surface area contributed by atoms with Gasteiger partial charge >= 0.3 is 0 Å². The number of hydrogen-bond acceptors (Lipinski definition) is 4. The van der Waals surface area contributed by atoms with Gasteiger partial charge in [-0.1, -0.05) is 50.2 Å². The summed E-state index contributed by atoms with van der Waals surface area (Å²) in [4.78, 5) is 6.31. The molecule has 0 heterocycles. The van der Waals surface area contributed by atoms with Crippen LogP contribution in [0, 0.1) is 0 Å². The van der Waals surface area contributed by atoms with Crippen molar-refractivity contribution in [2.45, 2.75) is 19.8 Å². The van der Waals surface area contributed by atoms with Crippen LogP contribution in [0.4, 0.5) is 17.1 Å². The van der Waals surface area contributed by atoms with Crippen molar-refractivity contribution in [1.82, 2.24) is 0 Å². The molecule has 32 heavy (non-hydrogen) atoms. The molecule has 3 rings (SSSR count). The third kappa shape index (κ3) is 6.27. The van der Waals surface area contributed by atoms with E-state index in [0.29, 0.717) is 6.54 Å². The lowest BCUT2D eigenvalue weighted by Gasteiger charge is -2.23. The molecule has 0 atom stereocenters. The predicted molar refractivity (Wildman–Crippen MR) is 141 cm³/mol. The highest BCUT2D eigenvalue weighted by Crippen LogP contribution is 2.34. The number of anilines is 3. The van der Waals surface area contributed by atoms with E-state index in [9.17, 15) is 5.11 Å². The van der Waals surface area contributed by atoms with E-state index >= 15 is 0 Å². The van der Waals surface area contributed by atoms with Crippen LogP contribution in [0.5, 0.6) is 0 Å². The van der Waals surface area contributed by atoms with E-state index in [1.54, 1.807) is 0 Å². The van der Waals surface area contributed by atoms with Crippen LogP contribution in [0.3, 0.4) is 0 Å². The van der Waals surface area contributed by atoms with Gasteiger partial charge in [0.2, 0.25) is 0 Å². The maximum absolute atomic E-state index is 9.21. The zero-order valence-corrected chi connectivity index (χ0v) is 20.7. The van der Waals surface area contributed by atoms with Gasteiger partial charge in [0.15, 0.2) is 0 Å². The normalized spacial score (nSPS) is 10.4. The monoisotopic (exact) mass is 433 g/mol. The molecule has 0 bridgehead atoms. The van der Waals surface area contributed by atoms with E-state index in [4.69, 9.17) is 0 Å². The van der Waals surface area contributed by atoms with Crippen LogP contribution in [0.25, 0.3) is 0 Å². The Balaban J connectivity index is 0.00000176. The maximum Gasteiger partial charge on any atom is 0.0606 e. The van der Waals surface area contributed by atoms with E-state index in [2.05, 4.69) is 116 Å². The Kier molecular flexibility index (Phi) is 9.61. The maximum atomic E-state index is 9.21. The Morgan fingerprint density at radius 1 is 0.562 bits per heavy atom. The average Bonchev–Trinajstić information content (AvgIpc) is 2.82. The molecule has 0 amide bonds. The van der Waals surface area contributed by atoms with E-state index in [1.165, 1.54) is 28.1 Å². The highest BCUT2D eigenvalue weighted by atomic mass is 16.3. The molecule has 0 saturated carbocycles. The van der Waals surface area contributed by atoms with Gasteiger partial charge in [-0.2, -0.15) is 0 Å². The second-order valence-electron chi connectivity index (χ2n) is 8.14. The minimum atomic E-state index is 0.150. The van der Waals surface area contributed by atoms with E-state index in [1.807, 2.05) is 20.9 Å². The van der Waals surface area contributed by atoms with Crippen molar-refractivity contribution in [3.8, 4) is 0 Å². The summed E-state index contributed by atoms with van der Waals surface area (Å²) in [6.07, 6.45) is 0. The number of benzene rings is 3. The average molecular weight is 434 g/mol. The van der Waals surface area contributed by atoms with Crippen LogP contribution in [0.1, 0.15) is 36.5 Å². The second kappa shape index (κ2) is 12.2. The first-order valence-corrected chi connectivity index (χ1v) is 11.4. The van der Waals surface area contributed by atoms with Crippen molar-refractivity contribution in [2.24, 2.45) is 0 Å². The zero-order valence-electron chi connectivity index (χ0n) is 20.7. The Hall–Kier alpha value is -2.98. The van der Waals surface area contributed by atoms with Crippen LogP contribution < -0.4 is 14.7 Å². The summed E-state index contributed by atoms with van der Waals surface area (Å²) < 4.78 is 0. The summed E-state index contributed by atoms with van der Waals surface area (Å²) in [5, 5.41) is 9.21. The lowest BCUT2D eigenvalue weighted by Crippen LogP contribution is -2.21. The molecular weight excluding hydrogens is 394 g/mol. The molecule has 0 aliphatic heterocycles. The quantitative estimate of drug-likeness (QED) is 0.478. The van der Waals surface area contributed by atoms with E-state index < -0.39 is 0 Å². The topological polar surface area (TPSA) is 30.0 Å². The van der Waals surface area contributed by atoms with Crippen molar-refractivity contribution < 1.29 is 5.11 Å². The largest absolute Gasteiger partial charge is 0.395 e. The van der Waals surface area contributed by atoms with Crippen LogP contribution in [0.2, 0.25) is 0 Å². The number of aliphatic hydroxyl groups is 1. The molecule has 0 spiro atoms. The number of likely N-dealkylation sites (N-methyl/N-ethyl adjacent to an activating group) is 1. The van der Waals surface area contributed by atoms with Gasteiger partial charge in [-0.3, -0.25) is 0 Å². The standard InChI is InChI=1S/C26H33N3O.C2H6/c1-27(2)23-12-6-20(7-13-23)26(21-8-14-24(15-9-21)28(3)4)22-10-16-25(17-11-22)29(5)18-19-30;1-2/h6-17,26,30H,18-19H2,1-5H3;1-2H3. The lowest BCUT2D eigenvalue weighted by molar-refractivity contribution is 0.304. The van der Waals surface area contributed by atoms with Gasteiger partial charge in [0.05, 0.1) is 6.61 Å². The van der Waals surface area contributed by atoms with Gasteiger partial charge in [0, 0.05) is 64.8 Å². The SMILES string of the molecule is CC.CN(C)c1ccc(C(c2ccc(N(C)C)cc2)c2ccc(N(C)CCO)cc2)cc1. The second-order valence-corrected chi connectivity index (χ2v) is 8.14. The molecular formula is C28H39N3O. The van der Waals surface area contributed by atoms with Gasteiger partial charge in [-0.05, 0) is 53.1 Å². The van der Waals surface area contributed by atoms with Gasteiger partial charge in [-0.25, -0.2) is 0 Å². The van der Waals surface area contributed by atoms with Crippen molar-refractivity contribution in [3.05, 3.63) is 89.5 Å². The van der Waals surface area contributed by atoms with Crippen molar-refractivity contribution in [2.75, 3.05) is 63.1 Å².